The van der Waals surface area contributed by atoms with E-state index in [-0.39, 0.29) is 4.90 Å². The van der Waals surface area contributed by atoms with Crippen molar-refractivity contribution in [1.82, 2.24) is 15.0 Å². The lowest BCUT2D eigenvalue weighted by Gasteiger charge is -2.32. The molecule has 28 heavy (non-hydrogen) atoms. The number of anilines is 2. The standard InChI is InChI=1S/C20H23N5O2S/c1-14-17-7-6-16(28(2,26)27)13-18(17)24-20(22-14)25-11-8-15(9-12-25)23-19-5-3-4-10-21-19/h3-7,10,13,15H,8-9,11-12H2,1-2H3,(H,21,23). The number of benzene rings is 1. The summed E-state index contributed by atoms with van der Waals surface area (Å²) in [6.45, 7) is 3.60. The molecule has 1 saturated heterocycles. The number of nitrogens with zero attached hydrogens (tertiary/aromatic N) is 4. The van der Waals surface area contributed by atoms with Crippen molar-refractivity contribution in [1.29, 1.82) is 0 Å². The summed E-state index contributed by atoms with van der Waals surface area (Å²) in [5.74, 6) is 1.55. The fourth-order valence-electron chi connectivity index (χ4n) is 3.51. The van der Waals surface area contributed by atoms with Crippen molar-refractivity contribution in [2.45, 2.75) is 30.7 Å². The van der Waals surface area contributed by atoms with Gasteiger partial charge in [0.15, 0.2) is 9.84 Å². The summed E-state index contributed by atoms with van der Waals surface area (Å²) >= 11 is 0. The molecule has 146 valence electrons. The first-order valence-electron chi connectivity index (χ1n) is 9.31. The van der Waals surface area contributed by atoms with Gasteiger partial charge in [0.25, 0.3) is 0 Å². The molecule has 2 aromatic heterocycles. The van der Waals surface area contributed by atoms with Crippen LogP contribution in [-0.4, -0.2) is 48.8 Å². The van der Waals surface area contributed by atoms with Crippen LogP contribution in [0, 0.1) is 6.92 Å². The minimum absolute atomic E-state index is 0.280. The van der Waals surface area contributed by atoms with Crippen molar-refractivity contribution in [3.8, 4) is 0 Å². The first kappa shape index (κ1) is 18.6. The van der Waals surface area contributed by atoms with E-state index in [1.165, 1.54) is 6.26 Å². The topological polar surface area (TPSA) is 88.1 Å². The lowest BCUT2D eigenvalue weighted by molar-refractivity contribution is 0.519. The first-order chi connectivity index (χ1) is 13.4. The Labute approximate surface area is 164 Å². The van der Waals surface area contributed by atoms with Gasteiger partial charge in [-0.05, 0) is 50.1 Å². The van der Waals surface area contributed by atoms with Crippen LogP contribution in [0.15, 0.2) is 47.5 Å². The molecule has 1 N–H and O–H groups in total. The van der Waals surface area contributed by atoms with Crippen molar-refractivity contribution in [3.63, 3.8) is 0 Å². The van der Waals surface area contributed by atoms with Crippen LogP contribution in [0.2, 0.25) is 0 Å². The van der Waals surface area contributed by atoms with Crippen molar-refractivity contribution < 1.29 is 8.42 Å². The van der Waals surface area contributed by atoms with Crippen LogP contribution in [0.4, 0.5) is 11.8 Å². The SMILES string of the molecule is Cc1nc(N2CCC(Nc3ccccn3)CC2)nc2cc(S(C)(=O)=O)ccc12. The molecule has 3 aromatic rings. The Kier molecular flexibility index (Phi) is 4.89. The summed E-state index contributed by atoms with van der Waals surface area (Å²) in [4.78, 5) is 16.1. The van der Waals surface area contributed by atoms with E-state index in [0.717, 1.165) is 42.8 Å². The average Bonchev–Trinajstić information content (AvgIpc) is 2.68. The highest BCUT2D eigenvalue weighted by atomic mass is 32.2. The molecule has 8 heteroatoms. The van der Waals surface area contributed by atoms with E-state index in [4.69, 9.17) is 0 Å². The van der Waals surface area contributed by atoms with E-state index in [2.05, 4.69) is 25.2 Å². The molecule has 1 aliphatic rings. The van der Waals surface area contributed by atoms with Gasteiger partial charge >= 0.3 is 0 Å². The summed E-state index contributed by atoms with van der Waals surface area (Å²) in [6, 6.07) is 11.3. The van der Waals surface area contributed by atoms with Gasteiger partial charge in [0.2, 0.25) is 5.95 Å². The molecular formula is C20H23N5O2S. The second kappa shape index (κ2) is 7.35. The number of sulfone groups is 1. The Morgan fingerprint density at radius 3 is 2.57 bits per heavy atom. The van der Waals surface area contributed by atoms with Gasteiger partial charge in [-0.3, -0.25) is 0 Å². The third kappa shape index (κ3) is 3.91. The Morgan fingerprint density at radius 1 is 1.11 bits per heavy atom. The predicted molar refractivity (Wildman–Crippen MR) is 110 cm³/mol. The van der Waals surface area contributed by atoms with Crippen molar-refractivity contribution >= 4 is 32.5 Å². The molecule has 0 bridgehead atoms. The zero-order valence-corrected chi connectivity index (χ0v) is 16.8. The lowest BCUT2D eigenvalue weighted by Crippen LogP contribution is -2.40. The highest BCUT2D eigenvalue weighted by Crippen LogP contribution is 2.24. The summed E-state index contributed by atoms with van der Waals surface area (Å²) < 4.78 is 23.7. The van der Waals surface area contributed by atoms with Gasteiger partial charge in [0, 0.05) is 37.0 Å². The number of aryl methyl sites for hydroxylation is 1. The molecule has 1 fully saturated rings. The number of hydrogen-bond acceptors (Lipinski definition) is 7. The largest absolute Gasteiger partial charge is 0.367 e. The van der Waals surface area contributed by atoms with Gasteiger partial charge < -0.3 is 10.2 Å². The maximum atomic E-state index is 11.9. The quantitative estimate of drug-likeness (QED) is 0.724. The van der Waals surface area contributed by atoms with Gasteiger partial charge in [-0.25, -0.2) is 23.4 Å². The molecule has 0 atom stereocenters. The number of nitrogens with one attached hydrogen (secondary N) is 1. The van der Waals surface area contributed by atoms with Gasteiger partial charge in [-0.15, -0.1) is 0 Å². The molecule has 0 amide bonds. The fraction of sp³-hybridized carbons (Fsp3) is 0.350. The van der Waals surface area contributed by atoms with E-state index < -0.39 is 9.84 Å². The highest BCUT2D eigenvalue weighted by molar-refractivity contribution is 7.90. The lowest BCUT2D eigenvalue weighted by atomic mass is 10.1. The smallest absolute Gasteiger partial charge is 0.226 e. The number of fused-ring (bicyclic) bond motifs is 1. The van der Waals surface area contributed by atoms with Crippen LogP contribution in [0.1, 0.15) is 18.5 Å². The van der Waals surface area contributed by atoms with E-state index in [0.29, 0.717) is 17.5 Å². The summed E-state index contributed by atoms with van der Waals surface area (Å²) in [5.41, 5.74) is 1.52. The minimum atomic E-state index is -3.27. The normalized spacial score (nSPS) is 15.7. The predicted octanol–water partition coefficient (Wildman–Crippen LogP) is 2.82. The van der Waals surface area contributed by atoms with E-state index in [1.54, 1.807) is 24.4 Å². The van der Waals surface area contributed by atoms with Crippen molar-refractivity contribution in [2.75, 3.05) is 29.6 Å². The second-order valence-corrected chi connectivity index (χ2v) is 9.20. The van der Waals surface area contributed by atoms with E-state index in [9.17, 15) is 8.42 Å². The molecule has 3 heterocycles. The number of rotatable bonds is 4. The Balaban J connectivity index is 1.53. The summed E-state index contributed by atoms with van der Waals surface area (Å²) in [6.07, 6.45) is 4.91. The maximum absolute atomic E-state index is 11.9. The summed E-state index contributed by atoms with van der Waals surface area (Å²) in [5, 5.41) is 4.35. The van der Waals surface area contributed by atoms with Crippen LogP contribution in [0.25, 0.3) is 10.9 Å². The molecule has 0 unspecified atom stereocenters. The monoisotopic (exact) mass is 397 g/mol. The zero-order chi connectivity index (χ0) is 19.7. The van der Waals surface area contributed by atoms with Crippen LogP contribution in [0.5, 0.6) is 0 Å². The van der Waals surface area contributed by atoms with Crippen molar-refractivity contribution in [2.24, 2.45) is 0 Å². The number of pyridine rings is 1. The van der Waals surface area contributed by atoms with E-state index in [1.807, 2.05) is 25.1 Å². The summed E-state index contributed by atoms with van der Waals surface area (Å²) in [7, 11) is -3.27. The van der Waals surface area contributed by atoms with Crippen LogP contribution in [-0.2, 0) is 9.84 Å². The van der Waals surface area contributed by atoms with Crippen molar-refractivity contribution in [3.05, 3.63) is 48.3 Å². The maximum Gasteiger partial charge on any atom is 0.226 e. The molecular weight excluding hydrogens is 374 g/mol. The average molecular weight is 398 g/mol. The van der Waals surface area contributed by atoms with Gasteiger partial charge in [0.1, 0.15) is 5.82 Å². The molecule has 0 saturated carbocycles. The molecule has 7 nitrogen and oxygen atoms in total. The first-order valence-corrected chi connectivity index (χ1v) is 11.2. The van der Waals surface area contributed by atoms with Crippen LogP contribution in [0.3, 0.4) is 0 Å². The van der Waals surface area contributed by atoms with Crippen LogP contribution >= 0.6 is 0 Å². The second-order valence-electron chi connectivity index (χ2n) is 7.18. The number of hydrogen-bond donors (Lipinski definition) is 1. The molecule has 0 radical (unpaired) electrons. The number of piperidine rings is 1. The number of aromatic nitrogens is 3. The fourth-order valence-corrected chi connectivity index (χ4v) is 4.15. The Morgan fingerprint density at radius 2 is 1.89 bits per heavy atom. The van der Waals surface area contributed by atoms with Gasteiger partial charge in [0.05, 0.1) is 16.1 Å². The zero-order valence-electron chi connectivity index (χ0n) is 16.0. The molecule has 1 aromatic carbocycles. The Hall–Kier alpha value is -2.74. The van der Waals surface area contributed by atoms with E-state index >= 15 is 0 Å². The minimum Gasteiger partial charge on any atom is -0.367 e. The van der Waals surface area contributed by atoms with Gasteiger partial charge in [-0.1, -0.05) is 6.07 Å². The van der Waals surface area contributed by atoms with Crippen LogP contribution < -0.4 is 10.2 Å². The molecule has 0 spiro atoms. The highest BCUT2D eigenvalue weighted by Gasteiger charge is 2.22. The molecule has 0 aliphatic carbocycles. The molecule has 4 rings (SSSR count). The third-order valence-electron chi connectivity index (χ3n) is 5.07. The Bertz CT molecular complexity index is 1090. The molecule has 1 aliphatic heterocycles. The third-order valence-corrected chi connectivity index (χ3v) is 6.18. The van der Waals surface area contributed by atoms with Gasteiger partial charge in [-0.2, -0.15) is 0 Å².